The first-order valence-electron chi connectivity index (χ1n) is 10.6. The van der Waals surface area contributed by atoms with Gasteiger partial charge in [-0.3, -0.25) is 4.21 Å². The van der Waals surface area contributed by atoms with E-state index in [4.69, 9.17) is 4.74 Å². The van der Waals surface area contributed by atoms with Gasteiger partial charge in [0.05, 0.1) is 40.4 Å². The van der Waals surface area contributed by atoms with Crippen molar-refractivity contribution in [2.24, 2.45) is 0 Å². The normalized spacial score (nSPS) is 12.8. The number of nitrogens with zero attached hydrogens (tertiary/aromatic N) is 3. The summed E-state index contributed by atoms with van der Waals surface area (Å²) in [6.45, 7) is 7.12. The lowest BCUT2D eigenvalue weighted by molar-refractivity contribution is 0.417. The van der Waals surface area contributed by atoms with Gasteiger partial charge in [0.15, 0.2) is 5.65 Å². The summed E-state index contributed by atoms with van der Waals surface area (Å²) in [6, 6.07) is 12.3. The molecule has 4 rings (SSSR count). The van der Waals surface area contributed by atoms with Crippen LogP contribution < -0.4 is 21.0 Å². The van der Waals surface area contributed by atoms with Crippen molar-refractivity contribution in [2.45, 2.75) is 24.0 Å². The zero-order chi connectivity index (χ0) is 24.6. The molecule has 9 nitrogen and oxygen atoms in total. The minimum Gasteiger partial charge on any atom is -0.495 e. The molecule has 2 heterocycles. The van der Waals surface area contributed by atoms with Crippen LogP contribution in [0, 0.1) is 0 Å². The predicted octanol–water partition coefficient (Wildman–Crippen LogP) is 3.63. The number of anilines is 2. The molecule has 1 unspecified atom stereocenters. The maximum atomic E-state index is 12.9. The minimum atomic E-state index is -2.46. The topological polar surface area (TPSA) is 119 Å². The Bertz CT molecular complexity index is 1510. The van der Waals surface area contributed by atoms with E-state index in [1.54, 1.807) is 55.8 Å². The first kappa shape index (κ1) is 23.9. The maximum absolute atomic E-state index is 12.9. The lowest BCUT2D eigenvalue weighted by Gasteiger charge is -2.14. The smallest absolute Gasteiger partial charge is 0.332 e. The molecule has 0 aliphatic carbocycles. The molecule has 2 N–H and O–H groups in total. The van der Waals surface area contributed by atoms with Crippen molar-refractivity contribution in [3.8, 4) is 11.4 Å². The van der Waals surface area contributed by atoms with E-state index in [1.807, 2.05) is 13.8 Å². The van der Waals surface area contributed by atoms with Crippen LogP contribution in [0.1, 0.15) is 13.8 Å². The third-order valence-corrected chi connectivity index (χ3v) is 8.39. The standard InChI is InChI=1S/C23H26N5O4PS/c1-14(2)34(31)20-9-7-6-8-18(20)28-21-17(26-23(28)29)13-24-22(27-21)25-16-11-10-15(33(4,5)30)12-19(16)32-3/h6-14H,1-5H3,(H,26,29)(H,24,25,27). The monoisotopic (exact) mass is 499 g/mol. The zero-order valence-electron chi connectivity index (χ0n) is 19.5. The third kappa shape index (κ3) is 4.56. The fraction of sp³-hybridized carbons (Fsp3) is 0.261. The number of benzene rings is 2. The Balaban J connectivity index is 1.81. The van der Waals surface area contributed by atoms with Gasteiger partial charge in [-0.1, -0.05) is 26.0 Å². The highest BCUT2D eigenvalue weighted by Gasteiger charge is 2.20. The Kier molecular flexibility index (Phi) is 6.47. The van der Waals surface area contributed by atoms with Crippen molar-refractivity contribution in [1.29, 1.82) is 0 Å². The van der Waals surface area contributed by atoms with Gasteiger partial charge in [0.2, 0.25) is 5.95 Å². The molecule has 0 fully saturated rings. The van der Waals surface area contributed by atoms with Crippen molar-refractivity contribution in [3.63, 3.8) is 0 Å². The van der Waals surface area contributed by atoms with Crippen LogP contribution in [0.25, 0.3) is 16.9 Å². The van der Waals surface area contributed by atoms with Gasteiger partial charge in [-0.15, -0.1) is 0 Å². The van der Waals surface area contributed by atoms with Crippen LogP contribution in [0.4, 0.5) is 11.6 Å². The number of H-pyrrole nitrogens is 1. The summed E-state index contributed by atoms with van der Waals surface area (Å²) in [5, 5.41) is 3.69. The molecule has 1 atom stereocenters. The summed E-state index contributed by atoms with van der Waals surface area (Å²) in [7, 11) is -2.23. The highest BCUT2D eigenvalue weighted by Crippen LogP contribution is 2.37. The second-order valence-corrected chi connectivity index (χ2v) is 13.6. The van der Waals surface area contributed by atoms with Gasteiger partial charge in [0.25, 0.3) is 0 Å². The van der Waals surface area contributed by atoms with Crippen LogP contribution in [-0.4, -0.2) is 49.4 Å². The summed E-state index contributed by atoms with van der Waals surface area (Å²) in [5.74, 6) is 0.735. The van der Waals surface area contributed by atoms with Gasteiger partial charge < -0.3 is 19.6 Å². The molecule has 2 aromatic carbocycles. The van der Waals surface area contributed by atoms with E-state index in [0.717, 1.165) is 0 Å². The van der Waals surface area contributed by atoms with Crippen molar-refractivity contribution in [2.75, 3.05) is 25.8 Å². The molecule has 0 amide bonds. The van der Waals surface area contributed by atoms with E-state index < -0.39 is 23.6 Å². The lowest BCUT2D eigenvalue weighted by atomic mass is 10.3. The van der Waals surface area contributed by atoms with E-state index in [0.29, 0.717) is 38.5 Å². The molecule has 4 aromatic rings. The fourth-order valence-electron chi connectivity index (χ4n) is 3.49. The van der Waals surface area contributed by atoms with Crippen molar-refractivity contribution in [3.05, 3.63) is 59.1 Å². The summed E-state index contributed by atoms with van der Waals surface area (Å²) >= 11 is 0. The average molecular weight is 500 g/mol. The second kappa shape index (κ2) is 9.19. The Morgan fingerprint density at radius 3 is 2.59 bits per heavy atom. The fourth-order valence-corrected chi connectivity index (χ4v) is 5.43. The van der Waals surface area contributed by atoms with Crippen LogP contribution in [0.15, 0.2) is 58.4 Å². The maximum Gasteiger partial charge on any atom is 0.332 e. The number of aromatic amines is 1. The molecule has 0 saturated carbocycles. The Hall–Kier alpha value is -3.23. The van der Waals surface area contributed by atoms with E-state index in [1.165, 1.54) is 17.9 Å². The average Bonchev–Trinajstić information content (AvgIpc) is 3.12. The molecule has 0 spiro atoms. The third-order valence-electron chi connectivity index (χ3n) is 5.23. The van der Waals surface area contributed by atoms with E-state index in [-0.39, 0.29) is 11.2 Å². The number of hydrogen-bond acceptors (Lipinski definition) is 7. The van der Waals surface area contributed by atoms with E-state index in [2.05, 4.69) is 20.3 Å². The molecule has 178 valence electrons. The minimum absolute atomic E-state index is 0.120. The van der Waals surface area contributed by atoms with Crippen molar-refractivity contribution >= 4 is 46.0 Å². The van der Waals surface area contributed by atoms with Crippen LogP contribution in [0.2, 0.25) is 0 Å². The van der Waals surface area contributed by atoms with Gasteiger partial charge in [-0.2, -0.15) is 4.98 Å². The highest BCUT2D eigenvalue weighted by atomic mass is 32.2. The van der Waals surface area contributed by atoms with E-state index >= 15 is 0 Å². The van der Waals surface area contributed by atoms with Crippen LogP contribution in [0.3, 0.4) is 0 Å². The summed E-state index contributed by atoms with van der Waals surface area (Å²) in [6.07, 6.45) is 1.51. The quantitative estimate of drug-likeness (QED) is 0.373. The second-order valence-electron chi connectivity index (χ2n) is 8.37. The molecule has 0 radical (unpaired) electrons. The first-order valence-corrected chi connectivity index (χ1v) is 14.4. The number of ether oxygens (including phenoxy) is 1. The van der Waals surface area contributed by atoms with Crippen LogP contribution >= 0.6 is 7.14 Å². The Morgan fingerprint density at radius 1 is 1.18 bits per heavy atom. The molecule has 11 heteroatoms. The number of hydrogen-bond donors (Lipinski definition) is 2. The van der Waals surface area contributed by atoms with Crippen molar-refractivity contribution < 1.29 is 13.5 Å². The summed E-state index contributed by atoms with van der Waals surface area (Å²) in [5.41, 5.74) is 1.47. The SMILES string of the molecule is COc1cc(P(C)(C)=O)ccc1Nc1ncc2[nH]c(=O)n(-c3ccccc3S(=O)C(C)C)c2n1. The molecule has 0 aliphatic heterocycles. The number of imidazole rings is 1. The summed E-state index contributed by atoms with van der Waals surface area (Å²) in [4.78, 5) is 25.0. The highest BCUT2D eigenvalue weighted by molar-refractivity contribution is 7.85. The number of methoxy groups -OCH3 is 1. The van der Waals surface area contributed by atoms with Gasteiger partial charge in [0.1, 0.15) is 18.4 Å². The van der Waals surface area contributed by atoms with Crippen LogP contribution in [0.5, 0.6) is 5.75 Å². The van der Waals surface area contributed by atoms with Gasteiger partial charge in [-0.25, -0.2) is 14.3 Å². The van der Waals surface area contributed by atoms with Gasteiger partial charge >= 0.3 is 5.69 Å². The van der Waals surface area contributed by atoms with E-state index in [9.17, 15) is 13.6 Å². The van der Waals surface area contributed by atoms with Gasteiger partial charge in [0, 0.05) is 10.6 Å². The molecule has 2 aromatic heterocycles. The number of fused-ring (bicyclic) bond motifs is 1. The largest absolute Gasteiger partial charge is 0.495 e. The Morgan fingerprint density at radius 2 is 1.91 bits per heavy atom. The predicted molar refractivity (Wildman–Crippen MR) is 136 cm³/mol. The molecular formula is C23H26N5O4PS. The number of nitrogens with one attached hydrogen (secondary N) is 2. The molecule has 0 aliphatic rings. The zero-order valence-corrected chi connectivity index (χ0v) is 21.2. The number of rotatable bonds is 7. The molecular weight excluding hydrogens is 473 g/mol. The van der Waals surface area contributed by atoms with Crippen molar-refractivity contribution in [1.82, 2.24) is 19.5 Å². The van der Waals surface area contributed by atoms with Crippen LogP contribution in [-0.2, 0) is 15.4 Å². The molecule has 0 bridgehead atoms. The summed E-state index contributed by atoms with van der Waals surface area (Å²) < 4.78 is 32.2. The Labute approximate surface area is 199 Å². The molecule has 34 heavy (non-hydrogen) atoms. The number of para-hydroxylation sites is 1. The number of aromatic nitrogens is 4. The molecule has 0 saturated heterocycles. The first-order chi connectivity index (χ1) is 16.1. The lowest BCUT2D eigenvalue weighted by Crippen LogP contribution is -2.18. The van der Waals surface area contributed by atoms with Gasteiger partial charge in [-0.05, 0) is 43.7 Å².